The Bertz CT molecular complexity index is 1130. The fourth-order valence-electron chi connectivity index (χ4n) is 4.60. The molecule has 0 unspecified atom stereocenters. The first-order chi connectivity index (χ1) is 16.3. The van der Waals surface area contributed by atoms with Crippen molar-refractivity contribution in [2.45, 2.75) is 58.1 Å². The number of carbonyl (C=O) groups is 1. The zero-order valence-electron chi connectivity index (χ0n) is 19.8. The molecule has 0 bridgehead atoms. The minimum Gasteiger partial charge on any atom is -0.388 e. The molecule has 1 fully saturated rings. The number of nitrogens with one attached hydrogen (secondary N) is 1. The van der Waals surface area contributed by atoms with Crippen LogP contribution in [-0.4, -0.2) is 59.0 Å². The topological polar surface area (TPSA) is 90.8 Å². The van der Waals surface area contributed by atoms with Crippen molar-refractivity contribution in [2.24, 2.45) is 0 Å². The Balaban J connectivity index is 1.76. The number of hydrogen-bond acceptors (Lipinski definition) is 7. The van der Waals surface area contributed by atoms with Crippen molar-refractivity contribution in [1.29, 1.82) is 0 Å². The number of amides is 1. The van der Waals surface area contributed by atoms with Gasteiger partial charge in [-0.1, -0.05) is 0 Å². The summed E-state index contributed by atoms with van der Waals surface area (Å²) in [5.41, 5.74) is -0.638. The Morgan fingerprint density at radius 2 is 1.86 bits per heavy atom. The first kappa shape index (κ1) is 25.1. The number of morpholine rings is 1. The standard InChI is InChI=1S/C23H27F4N5O3/c1-12-8-31(9-13(2)35-12)16-6-5-14(7-15(16)24)32-20-18(22(3,4)21(32)34)19(28-11-23(25,26)27)29-17(10-33)30-20/h5-7,12-13,33H,8-11H2,1-4H3,(H,28,29,30)/t12-,13+. The summed E-state index contributed by atoms with van der Waals surface area (Å²) in [5.74, 6) is -1.44. The van der Waals surface area contributed by atoms with E-state index >= 15 is 4.39 Å². The number of rotatable bonds is 5. The smallest absolute Gasteiger partial charge is 0.388 e. The summed E-state index contributed by atoms with van der Waals surface area (Å²) < 4.78 is 59.6. The van der Waals surface area contributed by atoms with Crippen LogP contribution >= 0.6 is 0 Å². The molecule has 0 saturated carbocycles. The number of fused-ring (bicyclic) bond motifs is 1. The van der Waals surface area contributed by atoms with Crippen molar-refractivity contribution in [3.05, 3.63) is 35.4 Å². The number of aromatic nitrogens is 2. The highest BCUT2D eigenvalue weighted by Gasteiger charge is 2.49. The first-order valence-corrected chi connectivity index (χ1v) is 11.2. The van der Waals surface area contributed by atoms with E-state index in [0.717, 1.165) is 4.90 Å². The number of aliphatic hydroxyl groups is 1. The number of carbonyl (C=O) groups excluding carboxylic acids is 1. The molecule has 2 N–H and O–H groups in total. The van der Waals surface area contributed by atoms with Gasteiger partial charge in [0.15, 0.2) is 5.82 Å². The molecule has 3 heterocycles. The molecule has 1 aromatic heterocycles. The summed E-state index contributed by atoms with van der Waals surface area (Å²) >= 11 is 0. The Morgan fingerprint density at radius 3 is 2.43 bits per heavy atom. The van der Waals surface area contributed by atoms with E-state index in [-0.39, 0.29) is 40.9 Å². The molecule has 2 aromatic rings. The van der Waals surface area contributed by atoms with Crippen LogP contribution in [0.5, 0.6) is 0 Å². The normalized spacial score (nSPS) is 21.9. The van der Waals surface area contributed by atoms with E-state index in [1.165, 1.54) is 19.9 Å². The zero-order chi connectivity index (χ0) is 25.7. The highest BCUT2D eigenvalue weighted by molar-refractivity contribution is 6.12. The Kier molecular flexibility index (Phi) is 6.39. The van der Waals surface area contributed by atoms with Gasteiger partial charge in [-0.05, 0) is 39.8 Å². The van der Waals surface area contributed by atoms with E-state index in [1.54, 1.807) is 12.1 Å². The van der Waals surface area contributed by atoms with E-state index < -0.39 is 36.5 Å². The number of benzene rings is 1. The molecule has 1 saturated heterocycles. The summed E-state index contributed by atoms with van der Waals surface area (Å²) in [6, 6.07) is 4.33. The fourth-order valence-corrected chi connectivity index (χ4v) is 4.60. The van der Waals surface area contributed by atoms with Gasteiger partial charge in [-0.15, -0.1) is 0 Å². The van der Waals surface area contributed by atoms with Crippen molar-refractivity contribution in [1.82, 2.24) is 9.97 Å². The van der Waals surface area contributed by atoms with Gasteiger partial charge in [-0.2, -0.15) is 13.2 Å². The largest absolute Gasteiger partial charge is 0.405 e. The van der Waals surface area contributed by atoms with Crippen LogP contribution in [-0.2, 0) is 21.6 Å². The molecule has 12 heteroatoms. The summed E-state index contributed by atoms with van der Waals surface area (Å²) in [7, 11) is 0. The molecule has 8 nitrogen and oxygen atoms in total. The molecular formula is C23H27F4N5O3. The summed E-state index contributed by atoms with van der Waals surface area (Å²) in [6.07, 6.45) is -4.69. The third-order valence-electron chi connectivity index (χ3n) is 6.06. The predicted molar refractivity (Wildman–Crippen MR) is 121 cm³/mol. The van der Waals surface area contributed by atoms with Gasteiger partial charge in [-0.3, -0.25) is 9.69 Å². The molecule has 1 aromatic carbocycles. The maximum atomic E-state index is 15.3. The lowest BCUT2D eigenvalue weighted by atomic mass is 9.87. The summed E-state index contributed by atoms with van der Waals surface area (Å²) in [5, 5.41) is 11.8. The number of anilines is 4. The van der Waals surface area contributed by atoms with E-state index in [2.05, 4.69) is 15.3 Å². The number of alkyl halides is 3. The predicted octanol–water partition coefficient (Wildman–Crippen LogP) is 3.65. The van der Waals surface area contributed by atoms with E-state index in [4.69, 9.17) is 4.74 Å². The first-order valence-electron chi connectivity index (χ1n) is 11.2. The lowest BCUT2D eigenvalue weighted by molar-refractivity contribution is -0.121. The van der Waals surface area contributed by atoms with Crippen LogP contribution < -0.4 is 15.1 Å². The summed E-state index contributed by atoms with van der Waals surface area (Å²) in [4.78, 5) is 24.6. The SMILES string of the molecule is C[C@@H]1CN(c2ccc(N3C(=O)C(C)(C)c4c(NCC(F)(F)F)nc(CO)nc43)cc2F)C[C@H](C)O1. The van der Waals surface area contributed by atoms with Crippen molar-refractivity contribution in [2.75, 3.05) is 34.8 Å². The maximum absolute atomic E-state index is 15.3. The molecule has 190 valence electrons. The average molecular weight is 497 g/mol. The molecule has 1 amide bonds. The van der Waals surface area contributed by atoms with Gasteiger partial charge >= 0.3 is 6.18 Å². The molecular weight excluding hydrogens is 470 g/mol. The van der Waals surface area contributed by atoms with Crippen LogP contribution in [0.25, 0.3) is 0 Å². The second-order valence-corrected chi connectivity index (χ2v) is 9.38. The molecule has 2 aliphatic heterocycles. The van der Waals surface area contributed by atoms with E-state index in [1.807, 2.05) is 18.7 Å². The average Bonchev–Trinajstić information content (AvgIpc) is 2.96. The Morgan fingerprint density at radius 1 is 1.20 bits per heavy atom. The molecule has 35 heavy (non-hydrogen) atoms. The van der Waals surface area contributed by atoms with Gasteiger partial charge in [0.1, 0.15) is 30.6 Å². The fraction of sp³-hybridized carbons (Fsp3) is 0.522. The van der Waals surface area contributed by atoms with Gasteiger partial charge in [-0.25, -0.2) is 14.4 Å². The minimum atomic E-state index is -4.53. The van der Waals surface area contributed by atoms with Crippen molar-refractivity contribution >= 4 is 28.9 Å². The molecule has 2 aliphatic rings. The van der Waals surface area contributed by atoms with Gasteiger partial charge in [0.25, 0.3) is 0 Å². The van der Waals surface area contributed by atoms with Crippen molar-refractivity contribution in [3.8, 4) is 0 Å². The Hall–Kier alpha value is -2.99. The number of hydrogen-bond donors (Lipinski definition) is 2. The lowest BCUT2D eigenvalue weighted by Gasteiger charge is -2.37. The van der Waals surface area contributed by atoms with Crippen LogP contribution in [0.2, 0.25) is 0 Å². The number of nitrogens with zero attached hydrogens (tertiary/aromatic N) is 4. The maximum Gasteiger partial charge on any atom is 0.405 e. The van der Waals surface area contributed by atoms with E-state index in [9.17, 15) is 23.1 Å². The monoisotopic (exact) mass is 497 g/mol. The number of halogens is 4. The quantitative estimate of drug-likeness (QED) is 0.610. The second kappa shape index (κ2) is 8.90. The molecule has 0 aliphatic carbocycles. The van der Waals surface area contributed by atoms with Crippen LogP contribution in [0.15, 0.2) is 18.2 Å². The van der Waals surface area contributed by atoms with Gasteiger partial charge < -0.3 is 20.1 Å². The number of aliphatic hydroxyl groups excluding tert-OH is 1. The van der Waals surface area contributed by atoms with E-state index in [0.29, 0.717) is 18.8 Å². The zero-order valence-corrected chi connectivity index (χ0v) is 19.8. The molecule has 2 atom stereocenters. The second-order valence-electron chi connectivity index (χ2n) is 9.38. The van der Waals surface area contributed by atoms with Crippen LogP contribution in [0.3, 0.4) is 0 Å². The van der Waals surface area contributed by atoms with Crippen LogP contribution in [0.4, 0.5) is 40.6 Å². The number of ether oxygens (including phenoxy) is 1. The highest BCUT2D eigenvalue weighted by Crippen LogP contribution is 2.47. The van der Waals surface area contributed by atoms with Gasteiger partial charge in [0, 0.05) is 19.2 Å². The third kappa shape index (κ3) is 4.76. The van der Waals surface area contributed by atoms with Crippen molar-refractivity contribution < 1.29 is 32.2 Å². The molecule has 0 radical (unpaired) electrons. The lowest BCUT2D eigenvalue weighted by Crippen LogP contribution is -2.45. The van der Waals surface area contributed by atoms with Crippen LogP contribution in [0.1, 0.15) is 39.1 Å². The van der Waals surface area contributed by atoms with Gasteiger partial charge in [0.05, 0.1) is 34.6 Å². The van der Waals surface area contributed by atoms with Crippen LogP contribution in [0, 0.1) is 5.82 Å². The van der Waals surface area contributed by atoms with Crippen molar-refractivity contribution in [3.63, 3.8) is 0 Å². The molecule has 0 spiro atoms. The van der Waals surface area contributed by atoms with Gasteiger partial charge in [0.2, 0.25) is 5.91 Å². The molecule has 4 rings (SSSR count). The highest BCUT2D eigenvalue weighted by atomic mass is 19.4. The third-order valence-corrected chi connectivity index (χ3v) is 6.06. The minimum absolute atomic E-state index is 0.00416. The Labute approximate surface area is 199 Å². The summed E-state index contributed by atoms with van der Waals surface area (Å²) in [6.45, 7) is 5.84.